The summed E-state index contributed by atoms with van der Waals surface area (Å²) >= 11 is 0. The molecule has 2 aromatic rings. The van der Waals surface area contributed by atoms with Crippen molar-refractivity contribution in [3.05, 3.63) is 12.1 Å². The lowest BCUT2D eigenvalue weighted by Gasteiger charge is -1.71. The van der Waals surface area contributed by atoms with Crippen LogP contribution in [0.2, 0.25) is 0 Å². The molecule has 38 valence electrons. The van der Waals surface area contributed by atoms with Gasteiger partial charge in [0.25, 0.3) is 0 Å². The Kier molecular flexibility index (Phi) is 0.229. The average molecular weight is 106 g/mol. The number of rotatable bonds is 0. The molecule has 2 nitrogen and oxygen atoms in total. The zero-order chi connectivity index (χ0) is 5.14. The van der Waals surface area contributed by atoms with E-state index in [1.54, 1.807) is 0 Å². The van der Waals surface area contributed by atoms with Crippen molar-refractivity contribution in [2.45, 2.75) is 0 Å². The second kappa shape index (κ2) is 0.616. The van der Waals surface area contributed by atoms with Crippen LogP contribution in [0.1, 0.15) is 0 Å². The van der Waals surface area contributed by atoms with E-state index >= 15 is 0 Å². The summed E-state index contributed by atoms with van der Waals surface area (Å²) in [6.07, 6.45) is 0. The molecule has 0 aromatic carbocycles. The summed E-state index contributed by atoms with van der Waals surface area (Å²) in [6.45, 7) is 0. The standard InChI is InChI=1S/C6H2O2/c1-2-4-6-5(8-6)3(1)7-4/h1-2H. The molecule has 0 spiro atoms. The molecule has 0 radical (unpaired) electrons. The number of fused-ring (bicyclic) bond motifs is 5. The van der Waals surface area contributed by atoms with Crippen molar-refractivity contribution >= 4 is 11.2 Å². The van der Waals surface area contributed by atoms with Crippen LogP contribution in [0, 0.1) is 0 Å². The van der Waals surface area contributed by atoms with Gasteiger partial charge in [0.1, 0.15) is 0 Å². The van der Waals surface area contributed by atoms with Crippen LogP contribution in [0.3, 0.4) is 0 Å². The van der Waals surface area contributed by atoms with Gasteiger partial charge < -0.3 is 9.15 Å². The lowest BCUT2D eigenvalue weighted by Crippen LogP contribution is -1.48. The van der Waals surface area contributed by atoms with Gasteiger partial charge in [0, 0.05) is 0 Å². The van der Waals surface area contributed by atoms with E-state index in [1.165, 1.54) is 0 Å². The fraction of sp³-hybridized carbons (Fsp3) is 0. The van der Waals surface area contributed by atoms with Gasteiger partial charge in [-0.2, -0.15) is 0 Å². The van der Waals surface area contributed by atoms with Crippen molar-refractivity contribution < 1.29 is 9.15 Å². The molecule has 8 heavy (non-hydrogen) atoms. The molecule has 3 rings (SSSR count). The van der Waals surface area contributed by atoms with Crippen LogP contribution in [0.25, 0.3) is 11.2 Å². The Morgan fingerprint density at radius 3 is 2.00 bits per heavy atom. The second-order valence-electron chi connectivity index (χ2n) is 1.92. The summed E-state index contributed by atoms with van der Waals surface area (Å²) in [7, 11) is 0. The van der Waals surface area contributed by atoms with Crippen molar-refractivity contribution in [3.63, 3.8) is 0 Å². The first-order valence-corrected chi connectivity index (χ1v) is 2.48. The minimum absolute atomic E-state index is 0.884. The Hall–Kier alpha value is -1.18. The molecule has 0 N–H and O–H groups in total. The van der Waals surface area contributed by atoms with Crippen LogP contribution in [-0.2, 0) is 0 Å². The quantitative estimate of drug-likeness (QED) is 0.409. The third kappa shape index (κ3) is 0.148. The van der Waals surface area contributed by atoms with Gasteiger partial charge in [0.05, 0.1) is 0 Å². The Morgan fingerprint density at radius 1 is 1.00 bits per heavy atom. The summed E-state index contributed by atoms with van der Waals surface area (Å²) in [5.74, 6) is 1.89. The Bertz CT molecular complexity index is 303. The van der Waals surface area contributed by atoms with Gasteiger partial charge in [-0.3, -0.25) is 0 Å². The largest absolute Gasteiger partial charge is 0.449 e. The fourth-order valence-electron chi connectivity index (χ4n) is 0.983. The number of furan rings is 2. The van der Waals surface area contributed by atoms with E-state index in [9.17, 15) is 0 Å². The number of ether oxygens (including phenoxy) is 1. The SMILES string of the molecule is c1cc2oc1c1c2O1. The molecule has 0 atom stereocenters. The van der Waals surface area contributed by atoms with Crippen molar-refractivity contribution in [2.75, 3.05) is 0 Å². The summed E-state index contributed by atoms with van der Waals surface area (Å²) in [5.41, 5.74) is 1.77. The van der Waals surface area contributed by atoms with E-state index in [4.69, 9.17) is 9.15 Å². The maximum Gasteiger partial charge on any atom is 0.216 e. The third-order valence-corrected chi connectivity index (χ3v) is 1.42. The van der Waals surface area contributed by atoms with E-state index in [1.807, 2.05) is 12.1 Å². The Morgan fingerprint density at radius 2 is 1.62 bits per heavy atom. The van der Waals surface area contributed by atoms with Crippen LogP contribution in [0.4, 0.5) is 0 Å². The zero-order valence-corrected chi connectivity index (χ0v) is 3.97. The van der Waals surface area contributed by atoms with E-state index in [0.717, 1.165) is 22.7 Å². The molecule has 3 heterocycles. The molecule has 1 aliphatic rings. The molecule has 0 amide bonds. The monoisotopic (exact) mass is 106 g/mol. The topological polar surface area (TPSA) is 25.7 Å². The first-order chi connectivity index (χ1) is 3.95. The third-order valence-electron chi connectivity index (χ3n) is 1.42. The number of benzene rings is 1. The van der Waals surface area contributed by atoms with Crippen molar-refractivity contribution in [3.8, 4) is 11.5 Å². The van der Waals surface area contributed by atoms with Gasteiger partial charge in [-0.1, -0.05) is 0 Å². The number of hydrogen-bond donors (Lipinski definition) is 0. The summed E-state index contributed by atoms with van der Waals surface area (Å²) in [5, 5.41) is 0. The molecule has 0 aliphatic carbocycles. The molecule has 0 saturated carbocycles. The van der Waals surface area contributed by atoms with E-state index in [2.05, 4.69) is 0 Å². The summed E-state index contributed by atoms with van der Waals surface area (Å²) < 4.78 is 10.2. The highest BCUT2D eigenvalue weighted by molar-refractivity contribution is 5.88. The molecule has 2 heteroatoms. The highest BCUT2D eigenvalue weighted by Gasteiger charge is 2.31. The molecule has 0 fully saturated rings. The zero-order valence-electron chi connectivity index (χ0n) is 3.97. The molecule has 2 aromatic heterocycles. The van der Waals surface area contributed by atoms with Crippen molar-refractivity contribution in [1.82, 2.24) is 0 Å². The van der Waals surface area contributed by atoms with Crippen LogP contribution < -0.4 is 4.74 Å². The van der Waals surface area contributed by atoms with Gasteiger partial charge in [0.15, 0.2) is 11.2 Å². The molecule has 0 unspecified atom stereocenters. The van der Waals surface area contributed by atoms with E-state index < -0.39 is 0 Å². The van der Waals surface area contributed by atoms with Crippen LogP contribution in [0.15, 0.2) is 16.5 Å². The molecular formula is C6H2O2. The lowest BCUT2D eigenvalue weighted by atomic mass is 10.4. The second-order valence-corrected chi connectivity index (χ2v) is 1.92. The maximum atomic E-state index is 5.16. The van der Waals surface area contributed by atoms with Crippen molar-refractivity contribution in [1.29, 1.82) is 0 Å². The highest BCUT2D eigenvalue weighted by Crippen LogP contribution is 2.56. The molecule has 1 aliphatic heterocycles. The van der Waals surface area contributed by atoms with Crippen LogP contribution >= 0.6 is 0 Å². The molecule has 2 bridgehead atoms. The van der Waals surface area contributed by atoms with Gasteiger partial charge >= 0.3 is 0 Å². The molecule has 0 saturated heterocycles. The number of hydrogen-bond acceptors (Lipinski definition) is 2. The average Bonchev–Trinajstić information content (AvgIpc) is 2.39. The predicted molar refractivity (Wildman–Crippen MR) is 27.5 cm³/mol. The van der Waals surface area contributed by atoms with Gasteiger partial charge in [-0.05, 0) is 12.1 Å². The van der Waals surface area contributed by atoms with Gasteiger partial charge in [-0.25, -0.2) is 0 Å². The minimum Gasteiger partial charge on any atom is -0.449 e. The van der Waals surface area contributed by atoms with E-state index in [0.29, 0.717) is 0 Å². The summed E-state index contributed by atoms with van der Waals surface area (Å²) in [4.78, 5) is 0. The summed E-state index contributed by atoms with van der Waals surface area (Å²) in [6, 6.07) is 3.84. The van der Waals surface area contributed by atoms with Crippen LogP contribution in [0.5, 0.6) is 11.5 Å². The van der Waals surface area contributed by atoms with Crippen molar-refractivity contribution in [2.24, 2.45) is 0 Å². The molecular weight excluding hydrogens is 104 g/mol. The van der Waals surface area contributed by atoms with Gasteiger partial charge in [0.2, 0.25) is 11.5 Å². The first kappa shape index (κ1) is 2.97. The maximum absolute atomic E-state index is 5.16. The lowest BCUT2D eigenvalue weighted by molar-refractivity contribution is 0.583. The Labute approximate surface area is 45.0 Å². The highest BCUT2D eigenvalue weighted by atomic mass is 16.6. The Balaban J connectivity index is 2.86. The fourth-order valence-corrected chi connectivity index (χ4v) is 0.983. The normalized spacial score (nSPS) is 14.0. The smallest absolute Gasteiger partial charge is 0.216 e. The minimum atomic E-state index is 0.884. The van der Waals surface area contributed by atoms with Crippen LogP contribution in [-0.4, -0.2) is 0 Å². The van der Waals surface area contributed by atoms with Gasteiger partial charge in [-0.15, -0.1) is 0 Å². The van der Waals surface area contributed by atoms with E-state index in [-0.39, 0.29) is 0 Å². The predicted octanol–water partition coefficient (Wildman–Crippen LogP) is 1.98. The first-order valence-electron chi connectivity index (χ1n) is 2.48.